The molecule has 0 aliphatic carbocycles. The summed E-state index contributed by atoms with van der Waals surface area (Å²) in [6.07, 6.45) is 3.94. The second-order valence-corrected chi connectivity index (χ2v) is 7.84. The zero-order chi connectivity index (χ0) is 16.7. The third-order valence-electron chi connectivity index (χ3n) is 4.39. The van der Waals surface area contributed by atoms with Crippen LogP contribution < -0.4 is 0 Å². The van der Waals surface area contributed by atoms with Gasteiger partial charge in [0.25, 0.3) is 5.91 Å². The number of amides is 1. The van der Waals surface area contributed by atoms with Crippen LogP contribution in [0.4, 0.5) is 0 Å². The highest BCUT2D eigenvalue weighted by Gasteiger charge is 2.30. The first-order valence-corrected chi connectivity index (χ1v) is 9.39. The molecule has 4 nitrogen and oxygen atoms in total. The Labute approximate surface area is 152 Å². The maximum absolute atomic E-state index is 12.9. The lowest BCUT2D eigenvalue weighted by Gasteiger charge is -2.34. The number of fused-ring (bicyclic) bond motifs is 1. The van der Waals surface area contributed by atoms with E-state index in [9.17, 15) is 4.79 Å². The average Bonchev–Trinajstić information content (AvgIpc) is 3.21. The number of carbonyl (C=O) groups is 1. The summed E-state index contributed by atoms with van der Waals surface area (Å²) >= 11 is 4.91. The van der Waals surface area contributed by atoms with Gasteiger partial charge in [0.1, 0.15) is 0 Å². The van der Waals surface area contributed by atoms with Crippen molar-refractivity contribution in [2.24, 2.45) is 7.05 Å². The molecule has 4 rings (SSSR count). The highest BCUT2D eigenvalue weighted by molar-refractivity contribution is 9.10. The molecule has 1 aromatic carbocycles. The lowest BCUT2D eigenvalue weighted by atomic mass is 9.86. The van der Waals surface area contributed by atoms with E-state index in [-0.39, 0.29) is 11.8 Å². The number of hydrogen-bond donors (Lipinski definition) is 0. The largest absolute Gasteiger partial charge is 0.333 e. The highest BCUT2D eigenvalue weighted by Crippen LogP contribution is 2.34. The van der Waals surface area contributed by atoms with Crippen LogP contribution in [0.1, 0.15) is 32.3 Å². The van der Waals surface area contributed by atoms with Crippen LogP contribution >= 0.6 is 27.3 Å². The van der Waals surface area contributed by atoms with Crippen molar-refractivity contribution in [1.82, 2.24) is 14.7 Å². The molecule has 6 heteroatoms. The maximum Gasteiger partial charge on any atom is 0.264 e. The summed E-state index contributed by atoms with van der Waals surface area (Å²) in [7, 11) is 1.92. The third-order valence-corrected chi connectivity index (χ3v) is 6.07. The summed E-state index contributed by atoms with van der Waals surface area (Å²) in [5.74, 6) is 0.255. The molecule has 1 atom stereocenters. The quantitative estimate of drug-likeness (QED) is 0.649. The Morgan fingerprint density at radius 1 is 1.38 bits per heavy atom. The van der Waals surface area contributed by atoms with Crippen molar-refractivity contribution in [3.8, 4) is 0 Å². The van der Waals surface area contributed by atoms with Crippen molar-refractivity contribution < 1.29 is 4.79 Å². The van der Waals surface area contributed by atoms with Crippen molar-refractivity contribution in [2.75, 3.05) is 6.54 Å². The topological polar surface area (TPSA) is 38.1 Å². The molecule has 0 N–H and O–H groups in total. The highest BCUT2D eigenvalue weighted by atomic mass is 79.9. The van der Waals surface area contributed by atoms with Crippen LogP contribution in [-0.4, -0.2) is 27.1 Å². The second-order valence-electron chi connectivity index (χ2n) is 6.01. The van der Waals surface area contributed by atoms with Gasteiger partial charge in [0.2, 0.25) is 0 Å². The minimum absolute atomic E-state index is 0.0918. The minimum atomic E-state index is 0.0918. The van der Waals surface area contributed by atoms with Gasteiger partial charge in [0, 0.05) is 42.1 Å². The molecule has 2 aromatic heterocycles. The van der Waals surface area contributed by atoms with Crippen molar-refractivity contribution in [1.29, 1.82) is 0 Å². The fraction of sp³-hybridized carbons (Fsp3) is 0.222. The molecule has 24 heavy (non-hydrogen) atoms. The van der Waals surface area contributed by atoms with E-state index >= 15 is 0 Å². The molecule has 0 saturated heterocycles. The SMILES string of the molecule is Cn1cc([C@H]2CN(C(=O)c3cc(Br)cs3)Cc3ccccc32)cn1. The molecule has 0 fully saturated rings. The molecule has 3 heterocycles. The Morgan fingerprint density at radius 3 is 2.92 bits per heavy atom. The van der Waals surface area contributed by atoms with E-state index < -0.39 is 0 Å². The number of thiophene rings is 1. The standard InChI is InChI=1S/C18H16BrN3OS/c1-21-8-13(7-20-21)16-10-22(9-12-4-2-3-5-15(12)16)18(23)17-6-14(19)11-24-17/h2-8,11,16H,9-10H2,1H3/t16-/m1/s1. The van der Waals surface area contributed by atoms with Crippen molar-refractivity contribution >= 4 is 33.2 Å². The number of aryl methyl sites for hydroxylation is 1. The number of carbonyl (C=O) groups excluding carboxylic acids is 1. The first kappa shape index (κ1) is 15.6. The van der Waals surface area contributed by atoms with Gasteiger partial charge < -0.3 is 4.90 Å². The molecule has 1 amide bonds. The predicted molar refractivity (Wildman–Crippen MR) is 98.3 cm³/mol. The maximum atomic E-state index is 12.9. The van der Waals surface area contributed by atoms with Crippen molar-refractivity contribution in [3.05, 3.63) is 74.1 Å². The van der Waals surface area contributed by atoms with Gasteiger partial charge in [-0.15, -0.1) is 11.3 Å². The lowest BCUT2D eigenvalue weighted by molar-refractivity contribution is 0.0730. The molecule has 1 aliphatic heterocycles. The Kier molecular flexibility index (Phi) is 4.02. The number of hydrogen-bond acceptors (Lipinski definition) is 3. The van der Waals surface area contributed by atoms with Crippen molar-refractivity contribution in [2.45, 2.75) is 12.5 Å². The van der Waals surface area contributed by atoms with Crippen molar-refractivity contribution in [3.63, 3.8) is 0 Å². The summed E-state index contributed by atoms with van der Waals surface area (Å²) < 4.78 is 2.77. The van der Waals surface area contributed by atoms with Gasteiger partial charge >= 0.3 is 0 Å². The van der Waals surface area contributed by atoms with Gasteiger partial charge in [0.05, 0.1) is 11.1 Å². The van der Waals surface area contributed by atoms with Crippen LogP contribution in [0.15, 0.2) is 52.6 Å². The molecule has 0 spiro atoms. The number of rotatable bonds is 2. The number of nitrogens with zero attached hydrogens (tertiary/aromatic N) is 3. The molecule has 0 saturated carbocycles. The van der Waals surface area contributed by atoms with E-state index in [2.05, 4.69) is 39.2 Å². The van der Waals surface area contributed by atoms with E-state index in [0.717, 1.165) is 14.9 Å². The molecule has 1 aliphatic rings. The molecule has 0 radical (unpaired) electrons. The van der Waals surface area contributed by atoms with Gasteiger partial charge in [-0.05, 0) is 38.7 Å². The van der Waals surface area contributed by atoms with Gasteiger partial charge in [-0.3, -0.25) is 9.48 Å². The normalized spacial score (nSPS) is 16.9. The van der Waals surface area contributed by atoms with Crippen LogP contribution in [0.2, 0.25) is 0 Å². The Morgan fingerprint density at radius 2 is 2.21 bits per heavy atom. The molecule has 0 unspecified atom stereocenters. The molecular weight excluding hydrogens is 386 g/mol. The minimum Gasteiger partial charge on any atom is -0.333 e. The zero-order valence-electron chi connectivity index (χ0n) is 13.1. The fourth-order valence-electron chi connectivity index (χ4n) is 3.25. The van der Waals surface area contributed by atoms with Crippen LogP contribution in [0.25, 0.3) is 0 Å². The van der Waals surface area contributed by atoms with Crippen LogP contribution in [-0.2, 0) is 13.6 Å². The predicted octanol–water partition coefficient (Wildman–Crippen LogP) is 4.03. The summed E-state index contributed by atoms with van der Waals surface area (Å²) in [6, 6.07) is 10.3. The van der Waals surface area contributed by atoms with Gasteiger partial charge in [-0.2, -0.15) is 5.10 Å². The van der Waals surface area contributed by atoms with Crippen LogP contribution in [0.3, 0.4) is 0 Å². The number of halogens is 1. The summed E-state index contributed by atoms with van der Waals surface area (Å²) in [4.78, 5) is 15.6. The second kappa shape index (κ2) is 6.18. The average molecular weight is 402 g/mol. The Bertz CT molecular complexity index is 901. The number of aromatic nitrogens is 2. The first-order chi connectivity index (χ1) is 11.6. The summed E-state index contributed by atoms with van der Waals surface area (Å²) in [5, 5.41) is 6.25. The summed E-state index contributed by atoms with van der Waals surface area (Å²) in [6.45, 7) is 1.33. The van der Waals surface area contributed by atoms with E-state index in [0.29, 0.717) is 13.1 Å². The zero-order valence-corrected chi connectivity index (χ0v) is 15.5. The smallest absolute Gasteiger partial charge is 0.264 e. The fourth-order valence-corrected chi connectivity index (χ4v) is 4.64. The van der Waals surface area contributed by atoms with Gasteiger partial charge in [-0.25, -0.2) is 0 Å². The molecule has 122 valence electrons. The van der Waals surface area contributed by atoms with Gasteiger partial charge in [-0.1, -0.05) is 24.3 Å². The van der Waals surface area contributed by atoms with Crippen LogP contribution in [0.5, 0.6) is 0 Å². The van der Waals surface area contributed by atoms with Gasteiger partial charge in [0.15, 0.2) is 0 Å². The Balaban J connectivity index is 1.71. The van der Waals surface area contributed by atoms with Crippen LogP contribution in [0, 0.1) is 0 Å². The first-order valence-electron chi connectivity index (χ1n) is 7.71. The van der Waals surface area contributed by atoms with E-state index in [4.69, 9.17) is 0 Å². The molecule has 3 aromatic rings. The molecule has 0 bridgehead atoms. The monoisotopic (exact) mass is 401 g/mol. The number of benzene rings is 1. The van der Waals surface area contributed by atoms with E-state index in [1.54, 1.807) is 0 Å². The third kappa shape index (κ3) is 2.80. The Hall–Kier alpha value is -1.92. The van der Waals surface area contributed by atoms with E-state index in [1.807, 2.05) is 46.5 Å². The lowest BCUT2D eigenvalue weighted by Crippen LogP contribution is -2.38. The molecular formula is C18H16BrN3OS. The van der Waals surface area contributed by atoms with E-state index in [1.165, 1.54) is 22.5 Å². The summed E-state index contributed by atoms with van der Waals surface area (Å²) in [5.41, 5.74) is 3.65.